The number of nitrogens with one attached hydrogen (secondary N) is 1. The van der Waals surface area contributed by atoms with E-state index in [-0.39, 0.29) is 37.1 Å². The number of hydrogen-bond donors (Lipinski definition) is 3. The zero-order valence-corrected chi connectivity index (χ0v) is 17.0. The van der Waals surface area contributed by atoms with Crippen LogP contribution >= 0.6 is 23.2 Å². The molecule has 0 aliphatic carbocycles. The van der Waals surface area contributed by atoms with Crippen LogP contribution in [0.4, 0.5) is 9.59 Å². The monoisotopic (exact) mass is 417 g/mol. The summed E-state index contributed by atoms with van der Waals surface area (Å²) in [7, 11) is 0. The highest BCUT2D eigenvalue weighted by Gasteiger charge is 2.39. The van der Waals surface area contributed by atoms with Crippen LogP contribution in [0.3, 0.4) is 0 Å². The molecule has 3 unspecified atom stereocenters. The van der Waals surface area contributed by atoms with E-state index in [0.717, 1.165) is 5.56 Å². The molecule has 3 atom stereocenters. The van der Waals surface area contributed by atoms with Gasteiger partial charge in [-0.15, -0.1) is 0 Å². The van der Waals surface area contributed by atoms with Crippen molar-refractivity contribution in [1.82, 2.24) is 10.2 Å². The lowest BCUT2D eigenvalue weighted by atomic mass is 9.88. The number of nitrogens with two attached hydrogens (primary N) is 1. The maximum atomic E-state index is 11.7. The van der Waals surface area contributed by atoms with Crippen molar-refractivity contribution in [2.75, 3.05) is 19.6 Å². The average Bonchev–Trinajstić information content (AvgIpc) is 2.75. The van der Waals surface area contributed by atoms with Crippen molar-refractivity contribution in [2.24, 2.45) is 17.1 Å². The van der Waals surface area contributed by atoms with Gasteiger partial charge in [0.2, 0.25) is 0 Å². The first kappa shape index (κ1) is 21.6. The molecule has 0 bridgehead atoms. The first-order chi connectivity index (χ1) is 12.5. The molecular formula is C18H25Cl2N3O4. The SMILES string of the molecule is CC(C)(C)C1CN(C(=O)O)CC(CNC(N)=O)C(c2ccc(Cl)c(Cl)c2)O1. The maximum Gasteiger partial charge on any atom is 0.407 e. The van der Waals surface area contributed by atoms with E-state index >= 15 is 0 Å². The summed E-state index contributed by atoms with van der Waals surface area (Å²) >= 11 is 12.2. The number of halogens is 2. The Hall–Kier alpha value is -1.70. The third kappa shape index (κ3) is 5.64. The molecule has 1 heterocycles. The molecule has 4 N–H and O–H groups in total. The lowest BCUT2D eigenvalue weighted by Crippen LogP contribution is -2.43. The van der Waals surface area contributed by atoms with Gasteiger partial charge in [0, 0.05) is 19.0 Å². The highest BCUT2D eigenvalue weighted by atomic mass is 35.5. The normalized spacial score (nSPS) is 23.6. The van der Waals surface area contributed by atoms with Crippen LogP contribution in [0.25, 0.3) is 0 Å². The van der Waals surface area contributed by atoms with Crippen LogP contribution in [-0.4, -0.2) is 47.9 Å². The predicted molar refractivity (Wildman–Crippen MR) is 104 cm³/mol. The summed E-state index contributed by atoms with van der Waals surface area (Å²) in [6.07, 6.45) is -1.88. The molecule has 1 saturated heterocycles. The highest BCUT2D eigenvalue weighted by Crippen LogP contribution is 2.38. The number of carbonyl (C=O) groups is 2. The number of primary amides is 1. The second kappa shape index (κ2) is 8.54. The standard InChI is InChI=1S/C18H25Cl2N3O4/c1-18(2,3)14-9-23(17(25)26)8-11(7-22-16(21)24)15(27-14)10-4-5-12(19)13(20)6-10/h4-6,11,14-15H,7-9H2,1-3H3,(H,25,26)(H3,21,22,24). The Morgan fingerprint density at radius 2 is 1.96 bits per heavy atom. The summed E-state index contributed by atoms with van der Waals surface area (Å²) in [5.41, 5.74) is 5.68. The number of carbonyl (C=O) groups excluding carboxylic acids is 1. The predicted octanol–water partition coefficient (Wildman–Crippen LogP) is 3.74. The first-order valence-corrected chi connectivity index (χ1v) is 9.36. The van der Waals surface area contributed by atoms with Crippen LogP contribution in [0.1, 0.15) is 32.4 Å². The van der Waals surface area contributed by atoms with Crippen molar-refractivity contribution in [3.63, 3.8) is 0 Å². The minimum Gasteiger partial charge on any atom is -0.465 e. The Morgan fingerprint density at radius 3 is 2.48 bits per heavy atom. The van der Waals surface area contributed by atoms with Gasteiger partial charge in [-0.1, -0.05) is 50.0 Å². The fourth-order valence-electron chi connectivity index (χ4n) is 3.06. The molecule has 9 heteroatoms. The van der Waals surface area contributed by atoms with Gasteiger partial charge in [-0.25, -0.2) is 9.59 Å². The van der Waals surface area contributed by atoms with Crippen LogP contribution in [0.5, 0.6) is 0 Å². The molecule has 1 aliphatic heterocycles. The lowest BCUT2D eigenvalue weighted by molar-refractivity contribution is -0.0762. The van der Waals surface area contributed by atoms with E-state index in [0.29, 0.717) is 10.0 Å². The number of amides is 3. The van der Waals surface area contributed by atoms with E-state index in [1.165, 1.54) is 4.90 Å². The number of carboxylic acid groups (broad SMARTS) is 1. The third-order valence-corrected chi connectivity index (χ3v) is 5.37. The number of hydrogen-bond acceptors (Lipinski definition) is 3. The molecule has 3 amide bonds. The van der Waals surface area contributed by atoms with Gasteiger partial charge in [-0.3, -0.25) is 0 Å². The smallest absolute Gasteiger partial charge is 0.407 e. The second-order valence-electron chi connectivity index (χ2n) is 7.78. The van der Waals surface area contributed by atoms with Crippen LogP contribution in [-0.2, 0) is 4.74 Å². The van der Waals surface area contributed by atoms with E-state index in [1.807, 2.05) is 20.8 Å². The van der Waals surface area contributed by atoms with Gasteiger partial charge in [0.05, 0.1) is 28.8 Å². The van der Waals surface area contributed by atoms with Gasteiger partial charge < -0.3 is 25.8 Å². The Balaban J connectivity index is 2.45. The quantitative estimate of drug-likeness (QED) is 0.695. The minimum absolute atomic E-state index is 0.168. The molecule has 0 aromatic heterocycles. The Morgan fingerprint density at radius 1 is 1.30 bits per heavy atom. The van der Waals surface area contributed by atoms with E-state index in [1.54, 1.807) is 18.2 Å². The van der Waals surface area contributed by atoms with Crippen molar-refractivity contribution < 1.29 is 19.4 Å². The zero-order chi connectivity index (χ0) is 20.4. The summed E-state index contributed by atoms with van der Waals surface area (Å²) in [5, 5.41) is 13.0. The van der Waals surface area contributed by atoms with E-state index < -0.39 is 18.2 Å². The number of urea groups is 1. The topological polar surface area (TPSA) is 105 Å². The highest BCUT2D eigenvalue weighted by molar-refractivity contribution is 6.42. The minimum atomic E-state index is -1.04. The first-order valence-electron chi connectivity index (χ1n) is 8.60. The van der Waals surface area contributed by atoms with Gasteiger partial charge in [0.1, 0.15) is 0 Å². The number of rotatable bonds is 3. The summed E-state index contributed by atoms with van der Waals surface area (Å²) in [6, 6.07) is 4.50. The van der Waals surface area contributed by atoms with Gasteiger partial charge in [-0.05, 0) is 23.1 Å². The van der Waals surface area contributed by atoms with Crippen molar-refractivity contribution in [3.05, 3.63) is 33.8 Å². The van der Waals surface area contributed by atoms with Crippen LogP contribution in [0.15, 0.2) is 18.2 Å². The Kier molecular flexibility index (Phi) is 6.83. The van der Waals surface area contributed by atoms with E-state index in [9.17, 15) is 14.7 Å². The second-order valence-corrected chi connectivity index (χ2v) is 8.59. The number of benzene rings is 1. The van der Waals surface area contributed by atoms with Crippen molar-refractivity contribution >= 4 is 35.3 Å². The molecule has 1 aromatic rings. The summed E-state index contributed by atoms with van der Waals surface area (Å²) in [4.78, 5) is 24.3. The Labute approximate surface area is 168 Å². The third-order valence-electron chi connectivity index (χ3n) is 4.63. The molecule has 27 heavy (non-hydrogen) atoms. The summed E-state index contributed by atoms with van der Waals surface area (Å²) in [5.74, 6) is -0.349. The average molecular weight is 418 g/mol. The van der Waals surface area contributed by atoms with E-state index in [2.05, 4.69) is 5.32 Å². The van der Waals surface area contributed by atoms with Gasteiger partial charge in [-0.2, -0.15) is 0 Å². The molecule has 0 radical (unpaired) electrons. The Bertz CT molecular complexity index is 708. The molecule has 2 rings (SSSR count). The lowest BCUT2D eigenvalue weighted by Gasteiger charge is -2.34. The molecule has 1 aromatic carbocycles. The molecule has 1 aliphatic rings. The maximum absolute atomic E-state index is 11.7. The van der Waals surface area contributed by atoms with Crippen LogP contribution in [0, 0.1) is 11.3 Å². The van der Waals surface area contributed by atoms with Crippen molar-refractivity contribution in [2.45, 2.75) is 33.0 Å². The van der Waals surface area contributed by atoms with Gasteiger partial charge >= 0.3 is 12.1 Å². The van der Waals surface area contributed by atoms with E-state index in [4.69, 9.17) is 33.7 Å². The summed E-state index contributed by atoms with van der Waals surface area (Å²) < 4.78 is 6.38. The van der Waals surface area contributed by atoms with Crippen LogP contribution in [0.2, 0.25) is 10.0 Å². The molecule has 0 saturated carbocycles. The summed E-state index contributed by atoms with van der Waals surface area (Å²) in [6.45, 7) is 6.56. The molecule has 0 spiro atoms. The number of ether oxygens (including phenoxy) is 1. The fraction of sp³-hybridized carbons (Fsp3) is 0.556. The largest absolute Gasteiger partial charge is 0.465 e. The fourth-order valence-corrected chi connectivity index (χ4v) is 3.37. The van der Waals surface area contributed by atoms with Crippen LogP contribution < -0.4 is 11.1 Å². The molecule has 1 fully saturated rings. The molecule has 150 valence electrons. The zero-order valence-electron chi connectivity index (χ0n) is 15.5. The van der Waals surface area contributed by atoms with Gasteiger partial charge in [0.15, 0.2) is 0 Å². The molecular weight excluding hydrogens is 393 g/mol. The molecule has 7 nitrogen and oxygen atoms in total. The van der Waals surface area contributed by atoms with Gasteiger partial charge in [0.25, 0.3) is 0 Å². The van der Waals surface area contributed by atoms with Crippen molar-refractivity contribution in [1.29, 1.82) is 0 Å². The van der Waals surface area contributed by atoms with Crippen molar-refractivity contribution in [3.8, 4) is 0 Å². The number of nitrogens with zero attached hydrogens (tertiary/aromatic N) is 1.